The SMILES string of the molecule is CO[C@@]1(CCCO)/C=C/C[C@H](C)[C@@H](C)S(=O)(=O)NC(=O)c2ccc3c(c2)N(CCCCc2cc(Cl)ccc2CO3)C[C@@H]2CC[C@H]21. The van der Waals surface area contributed by atoms with E-state index in [4.69, 9.17) is 21.1 Å². The van der Waals surface area contributed by atoms with Crippen molar-refractivity contribution in [2.75, 3.05) is 31.7 Å². The number of nitrogens with zero attached hydrogens (tertiary/aromatic N) is 1. The molecule has 0 saturated heterocycles. The summed E-state index contributed by atoms with van der Waals surface area (Å²) in [4.78, 5) is 15.7. The third kappa shape index (κ3) is 7.53. The van der Waals surface area contributed by atoms with Gasteiger partial charge in [-0.1, -0.05) is 36.7 Å². The minimum absolute atomic E-state index is 0.0783. The normalized spacial score (nSPS) is 29.5. The average Bonchev–Trinajstić information content (AvgIpc) is 3.03. The molecule has 1 amide bonds. The molecule has 1 saturated carbocycles. The molecule has 0 unspecified atom stereocenters. The summed E-state index contributed by atoms with van der Waals surface area (Å²) in [5.41, 5.74) is 2.75. The lowest BCUT2D eigenvalue weighted by atomic mass is 9.63. The van der Waals surface area contributed by atoms with Crippen LogP contribution in [0.5, 0.6) is 5.75 Å². The highest BCUT2D eigenvalue weighted by atomic mass is 35.5. The number of carbonyl (C=O) groups is 1. The number of anilines is 1. The van der Waals surface area contributed by atoms with Crippen molar-refractivity contribution < 1.29 is 27.8 Å². The average molecular weight is 659 g/mol. The highest BCUT2D eigenvalue weighted by molar-refractivity contribution is 7.90. The molecule has 45 heavy (non-hydrogen) atoms. The van der Waals surface area contributed by atoms with Crippen molar-refractivity contribution in [2.24, 2.45) is 17.8 Å². The summed E-state index contributed by atoms with van der Waals surface area (Å²) >= 11 is 6.34. The van der Waals surface area contributed by atoms with Gasteiger partial charge < -0.3 is 19.5 Å². The van der Waals surface area contributed by atoms with Crippen molar-refractivity contribution in [3.05, 3.63) is 70.3 Å². The van der Waals surface area contributed by atoms with Crippen LogP contribution in [0.1, 0.15) is 80.3 Å². The Balaban J connectivity index is 1.58. The first-order chi connectivity index (χ1) is 21.6. The standard InChI is InChI=1S/C35H47ClN2O6S/c1-24-8-6-16-35(43-3,17-7-19-39)31-14-11-28(31)22-38-18-5-4-9-26-20-30(36)13-10-29(26)23-44-33-15-12-27(21-32(33)38)34(40)37-45(41,42)25(24)2/h6,10,12-13,15-16,20-21,24-25,28,31,39H,4-5,7-9,11,14,17-19,22-23H2,1-3H3,(H,37,40)/b16-6+/t24-,25+,28-,31+,35+/m0/s1. The van der Waals surface area contributed by atoms with Crippen molar-refractivity contribution >= 4 is 33.2 Å². The van der Waals surface area contributed by atoms with Gasteiger partial charge in [-0.2, -0.15) is 0 Å². The molecule has 246 valence electrons. The lowest BCUT2D eigenvalue weighted by Crippen LogP contribution is -2.51. The molecular formula is C35H47ClN2O6S. The zero-order chi connectivity index (χ0) is 32.2. The van der Waals surface area contributed by atoms with E-state index in [0.29, 0.717) is 42.6 Å². The molecule has 2 aliphatic heterocycles. The molecule has 5 rings (SSSR count). The number of rotatable bonds is 4. The topological polar surface area (TPSA) is 105 Å². The van der Waals surface area contributed by atoms with Crippen LogP contribution in [-0.2, 0) is 27.8 Å². The molecule has 3 aliphatic rings. The zero-order valence-corrected chi connectivity index (χ0v) is 28.2. The largest absolute Gasteiger partial charge is 0.487 e. The molecule has 1 aliphatic carbocycles. The molecule has 0 spiro atoms. The van der Waals surface area contributed by atoms with E-state index in [0.717, 1.165) is 56.4 Å². The number of benzene rings is 2. The summed E-state index contributed by atoms with van der Waals surface area (Å²) in [6, 6.07) is 11.1. The number of hydrogen-bond donors (Lipinski definition) is 2. The Labute approximate surface area is 273 Å². The second-order valence-electron chi connectivity index (χ2n) is 13.0. The molecule has 2 aromatic carbocycles. The molecule has 8 nitrogen and oxygen atoms in total. The maximum Gasteiger partial charge on any atom is 0.264 e. The van der Waals surface area contributed by atoms with Gasteiger partial charge in [-0.25, -0.2) is 13.1 Å². The number of fused-ring (bicyclic) bond motifs is 3. The second kappa shape index (κ2) is 14.4. The third-order valence-electron chi connectivity index (χ3n) is 10.3. The van der Waals surface area contributed by atoms with Gasteiger partial charge in [-0.3, -0.25) is 4.79 Å². The van der Waals surface area contributed by atoms with Gasteiger partial charge in [0.1, 0.15) is 12.4 Å². The van der Waals surface area contributed by atoms with Crippen LogP contribution < -0.4 is 14.4 Å². The summed E-state index contributed by atoms with van der Waals surface area (Å²) in [5.74, 6) is 0.324. The number of halogens is 1. The van der Waals surface area contributed by atoms with E-state index in [9.17, 15) is 18.3 Å². The summed E-state index contributed by atoms with van der Waals surface area (Å²) in [6.45, 7) is 5.46. The Morgan fingerprint density at radius 1 is 1.13 bits per heavy atom. The van der Waals surface area contributed by atoms with E-state index in [1.807, 2.05) is 31.2 Å². The predicted molar refractivity (Wildman–Crippen MR) is 178 cm³/mol. The van der Waals surface area contributed by atoms with Crippen LogP contribution in [0.15, 0.2) is 48.6 Å². The van der Waals surface area contributed by atoms with Crippen molar-refractivity contribution in [3.8, 4) is 5.75 Å². The van der Waals surface area contributed by atoms with Crippen molar-refractivity contribution in [2.45, 2.75) is 82.7 Å². The van der Waals surface area contributed by atoms with E-state index in [1.165, 1.54) is 5.56 Å². The van der Waals surface area contributed by atoms with Crippen LogP contribution >= 0.6 is 11.6 Å². The molecule has 2 aromatic rings. The van der Waals surface area contributed by atoms with Crippen LogP contribution in [0.3, 0.4) is 0 Å². The number of aryl methyl sites for hydroxylation is 1. The Kier molecular flexibility index (Phi) is 10.8. The van der Waals surface area contributed by atoms with Gasteiger partial charge in [-0.15, -0.1) is 0 Å². The minimum atomic E-state index is -3.95. The Morgan fingerprint density at radius 3 is 2.69 bits per heavy atom. The number of nitrogens with one attached hydrogen (secondary N) is 1. The van der Waals surface area contributed by atoms with Gasteiger partial charge in [0.05, 0.1) is 16.5 Å². The van der Waals surface area contributed by atoms with Gasteiger partial charge in [0.15, 0.2) is 0 Å². The first kappa shape index (κ1) is 33.8. The summed E-state index contributed by atoms with van der Waals surface area (Å²) in [6.07, 6.45) is 10.8. The van der Waals surface area contributed by atoms with Crippen LogP contribution in [0, 0.1) is 17.8 Å². The molecule has 0 radical (unpaired) electrons. The molecule has 0 aromatic heterocycles. The van der Waals surface area contributed by atoms with Crippen molar-refractivity contribution in [1.29, 1.82) is 0 Å². The monoisotopic (exact) mass is 658 g/mol. The Hall–Kier alpha value is -2.59. The fraction of sp³-hybridized carbons (Fsp3) is 0.571. The minimum Gasteiger partial charge on any atom is -0.487 e. The van der Waals surface area contributed by atoms with Gasteiger partial charge in [-0.05, 0) is 118 Å². The Bertz CT molecular complexity index is 1500. The maximum atomic E-state index is 13.4. The van der Waals surface area contributed by atoms with Gasteiger partial charge in [0.2, 0.25) is 10.0 Å². The van der Waals surface area contributed by atoms with Crippen LogP contribution in [0.4, 0.5) is 5.69 Å². The lowest BCUT2D eigenvalue weighted by Gasteiger charge is -2.50. The van der Waals surface area contributed by atoms with Crippen molar-refractivity contribution in [3.63, 3.8) is 0 Å². The van der Waals surface area contributed by atoms with Gasteiger partial charge >= 0.3 is 0 Å². The summed E-state index contributed by atoms with van der Waals surface area (Å²) in [7, 11) is -2.20. The number of ether oxygens (including phenoxy) is 2. The maximum absolute atomic E-state index is 13.4. The predicted octanol–water partition coefficient (Wildman–Crippen LogP) is 6.29. The van der Waals surface area contributed by atoms with E-state index in [2.05, 4.69) is 15.7 Å². The number of aliphatic hydroxyl groups excluding tert-OH is 1. The number of carbonyl (C=O) groups excluding carboxylic acids is 1. The second-order valence-corrected chi connectivity index (χ2v) is 15.5. The van der Waals surface area contributed by atoms with Crippen molar-refractivity contribution in [1.82, 2.24) is 4.72 Å². The van der Waals surface area contributed by atoms with Gasteiger partial charge in [0.25, 0.3) is 5.91 Å². The lowest BCUT2D eigenvalue weighted by molar-refractivity contribution is -0.0823. The van der Waals surface area contributed by atoms with Gasteiger partial charge in [0, 0.05) is 37.4 Å². The smallest absolute Gasteiger partial charge is 0.264 e. The number of amides is 1. The number of allylic oxidation sites excluding steroid dienone is 1. The first-order valence-corrected chi connectivity index (χ1v) is 18.2. The molecular weight excluding hydrogens is 612 g/mol. The molecule has 2 N–H and O–H groups in total. The van der Waals surface area contributed by atoms with E-state index < -0.39 is 26.8 Å². The number of aliphatic hydroxyl groups is 1. The molecule has 10 heteroatoms. The zero-order valence-electron chi connectivity index (χ0n) is 26.6. The highest BCUT2D eigenvalue weighted by Gasteiger charge is 2.47. The molecule has 1 fully saturated rings. The fourth-order valence-corrected chi connectivity index (χ4v) is 8.60. The molecule has 2 bridgehead atoms. The number of hydrogen-bond acceptors (Lipinski definition) is 7. The van der Waals surface area contributed by atoms with E-state index in [-0.39, 0.29) is 24.0 Å². The number of sulfonamides is 1. The van der Waals surface area contributed by atoms with E-state index in [1.54, 1.807) is 32.2 Å². The van der Waals surface area contributed by atoms with Crippen LogP contribution in [0.2, 0.25) is 5.02 Å². The van der Waals surface area contributed by atoms with Crippen LogP contribution in [-0.4, -0.2) is 57.1 Å². The summed E-state index contributed by atoms with van der Waals surface area (Å²) in [5, 5.41) is 9.68. The first-order valence-electron chi connectivity index (χ1n) is 16.3. The quantitative estimate of drug-likeness (QED) is 0.372. The number of methoxy groups -OCH3 is 1. The Morgan fingerprint density at radius 2 is 1.96 bits per heavy atom. The third-order valence-corrected chi connectivity index (χ3v) is 12.4. The van der Waals surface area contributed by atoms with Crippen LogP contribution in [0.25, 0.3) is 0 Å². The molecule has 2 heterocycles. The van der Waals surface area contributed by atoms with E-state index >= 15 is 0 Å². The highest BCUT2D eigenvalue weighted by Crippen LogP contribution is 2.48. The summed E-state index contributed by atoms with van der Waals surface area (Å²) < 4.78 is 41.8. The molecule has 5 atom stereocenters. The fourth-order valence-electron chi connectivity index (χ4n) is 7.12.